The highest BCUT2D eigenvalue weighted by molar-refractivity contribution is 7.99. The molecule has 3 nitrogen and oxygen atoms in total. The Bertz CT molecular complexity index is 368. The normalized spacial score (nSPS) is 11.0. The number of nitrogens with zero attached hydrogens (tertiary/aromatic N) is 1. The molecule has 0 aliphatic rings. The number of thioether (sulfide) groups is 1. The fourth-order valence-electron chi connectivity index (χ4n) is 1.73. The van der Waals surface area contributed by atoms with E-state index in [1.165, 1.54) is 4.90 Å². The molecule has 0 heterocycles. The number of carbonyl (C=O) groups excluding carboxylic acids is 1. The van der Waals surface area contributed by atoms with Crippen LogP contribution in [-0.2, 0) is 4.79 Å². The standard InChI is InChI=1S/C15H24N2OS/c1-4-17(12-15(18)16-13(2)3)10-11-19-14-8-6-5-7-9-14/h5-9,13H,4,10-12H2,1-3H3,(H,16,18). The Hall–Kier alpha value is -1.00. The lowest BCUT2D eigenvalue weighted by Crippen LogP contribution is -2.40. The van der Waals surface area contributed by atoms with Crippen molar-refractivity contribution in [2.75, 3.05) is 25.4 Å². The molecule has 0 saturated heterocycles. The van der Waals surface area contributed by atoms with Crippen LogP contribution < -0.4 is 5.32 Å². The van der Waals surface area contributed by atoms with E-state index in [0.717, 1.165) is 18.8 Å². The zero-order valence-corrected chi connectivity index (χ0v) is 12.9. The first kappa shape index (κ1) is 16.1. The molecule has 0 bridgehead atoms. The smallest absolute Gasteiger partial charge is 0.234 e. The lowest BCUT2D eigenvalue weighted by atomic mass is 10.3. The van der Waals surface area contributed by atoms with Gasteiger partial charge in [0, 0.05) is 23.2 Å². The summed E-state index contributed by atoms with van der Waals surface area (Å²) < 4.78 is 0. The van der Waals surface area contributed by atoms with E-state index < -0.39 is 0 Å². The van der Waals surface area contributed by atoms with Crippen LogP contribution in [0.5, 0.6) is 0 Å². The average molecular weight is 280 g/mol. The molecule has 19 heavy (non-hydrogen) atoms. The third-order valence-corrected chi connectivity index (χ3v) is 3.68. The fourth-order valence-corrected chi connectivity index (χ4v) is 2.66. The van der Waals surface area contributed by atoms with Crippen molar-refractivity contribution in [2.24, 2.45) is 0 Å². The summed E-state index contributed by atoms with van der Waals surface area (Å²) in [6, 6.07) is 10.6. The largest absolute Gasteiger partial charge is 0.353 e. The van der Waals surface area contributed by atoms with Gasteiger partial charge >= 0.3 is 0 Å². The molecule has 0 atom stereocenters. The molecule has 0 unspecified atom stereocenters. The molecule has 0 aliphatic carbocycles. The number of carbonyl (C=O) groups is 1. The molecule has 106 valence electrons. The van der Waals surface area contributed by atoms with Crippen molar-refractivity contribution in [3.05, 3.63) is 30.3 Å². The van der Waals surface area contributed by atoms with Crippen LogP contribution in [0.3, 0.4) is 0 Å². The van der Waals surface area contributed by atoms with Gasteiger partial charge in [0.25, 0.3) is 0 Å². The van der Waals surface area contributed by atoms with E-state index in [2.05, 4.69) is 41.4 Å². The van der Waals surface area contributed by atoms with Crippen molar-refractivity contribution in [1.29, 1.82) is 0 Å². The monoisotopic (exact) mass is 280 g/mol. The second-order valence-electron chi connectivity index (χ2n) is 4.75. The van der Waals surface area contributed by atoms with Crippen LogP contribution in [0.4, 0.5) is 0 Å². The summed E-state index contributed by atoms with van der Waals surface area (Å²) >= 11 is 1.83. The Morgan fingerprint density at radius 1 is 1.32 bits per heavy atom. The number of nitrogens with one attached hydrogen (secondary N) is 1. The Labute approximate surface area is 120 Å². The van der Waals surface area contributed by atoms with Gasteiger partial charge in [-0.2, -0.15) is 0 Å². The van der Waals surface area contributed by atoms with Gasteiger partial charge in [-0.05, 0) is 32.5 Å². The van der Waals surface area contributed by atoms with Crippen LogP contribution in [-0.4, -0.2) is 42.2 Å². The Morgan fingerprint density at radius 3 is 2.58 bits per heavy atom. The molecular formula is C15H24N2OS. The first-order chi connectivity index (χ1) is 9.11. The first-order valence-corrected chi connectivity index (χ1v) is 7.80. The second-order valence-corrected chi connectivity index (χ2v) is 5.92. The predicted octanol–water partition coefficient (Wildman–Crippen LogP) is 2.63. The molecule has 0 spiro atoms. The van der Waals surface area contributed by atoms with Crippen LogP contribution in [0.15, 0.2) is 35.2 Å². The Balaban J connectivity index is 2.27. The van der Waals surface area contributed by atoms with Gasteiger partial charge in [0.05, 0.1) is 6.54 Å². The number of hydrogen-bond acceptors (Lipinski definition) is 3. The maximum Gasteiger partial charge on any atom is 0.234 e. The average Bonchev–Trinajstić information content (AvgIpc) is 2.38. The highest BCUT2D eigenvalue weighted by atomic mass is 32.2. The number of benzene rings is 1. The van der Waals surface area contributed by atoms with Gasteiger partial charge in [-0.15, -0.1) is 11.8 Å². The summed E-state index contributed by atoms with van der Waals surface area (Å²) in [5, 5.41) is 2.93. The van der Waals surface area contributed by atoms with Gasteiger partial charge in [0.1, 0.15) is 0 Å². The quantitative estimate of drug-likeness (QED) is 0.743. The zero-order chi connectivity index (χ0) is 14.1. The van der Waals surface area contributed by atoms with Gasteiger partial charge in [-0.1, -0.05) is 25.1 Å². The minimum absolute atomic E-state index is 0.113. The zero-order valence-electron chi connectivity index (χ0n) is 12.1. The minimum atomic E-state index is 0.113. The Kier molecular flexibility index (Phi) is 7.60. The van der Waals surface area contributed by atoms with E-state index in [9.17, 15) is 4.79 Å². The summed E-state index contributed by atoms with van der Waals surface area (Å²) in [6.07, 6.45) is 0. The molecule has 1 aromatic rings. The molecular weight excluding hydrogens is 256 g/mol. The summed E-state index contributed by atoms with van der Waals surface area (Å²) in [6.45, 7) is 8.39. The van der Waals surface area contributed by atoms with Crippen molar-refractivity contribution in [3.63, 3.8) is 0 Å². The molecule has 0 aromatic heterocycles. The number of amides is 1. The Morgan fingerprint density at radius 2 is 2.00 bits per heavy atom. The number of rotatable bonds is 8. The third-order valence-electron chi connectivity index (χ3n) is 2.68. The second kappa shape index (κ2) is 8.99. The lowest BCUT2D eigenvalue weighted by molar-refractivity contribution is -0.122. The summed E-state index contributed by atoms with van der Waals surface area (Å²) in [4.78, 5) is 15.2. The molecule has 1 rings (SSSR count). The van der Waals surface area contributed by atoms with E-state index >= 15 is 0 Å². The fraction of sp³-hybridized carbons (Fsp3) is 0.533. The van der Waals surface area contributed by atoms with Gasteiger partial charge in [0.2, 0.25) is 5.91 Å². The summed E-state index contributed by atoms with van der Waals surface area (Å²) in [5.41, 5.74) is 0. The molecule has 0 fully saturated rings. The summed E-state index contributed by atoms with van der Waals surface area (Å²) in [7, 11) is 0. The van der Waals surface area contributed by atoms with Gasteiger partial charge in [-0.25, -0.2) is 0 Å². The highest BCUT2D eigenvalue weighted by Gasteiger charge is 2.09. The van der Waals surface area contributed by atoms with Crippen LogP contribution >= 0.6 is 11.8 Å². The number of hydrogen-bond donors (Lipinski definition) is 1. The van der Waals surface area contributed by atoms with Gasteiger partial charge in [0.15, 0.2) is 0 Å². The van der Waals surface area contributed by atoms with Gasteiger partial charge < -0.3 is 5.32 Å². The van der Waals surface area contributed by atoms with E-state index in [0.29, 0.717) is 6.54 Å². The molecule has 1 aromatic carbocycles. The van der Waals surface area contributed by atoms with Crippen LogP contribution in [0, 0.1) is 0 Å². The maximum absolute atomic E-state index is 11.7. The molecule has 0 saturated carbocycles. The van der Waals surface area contributed by atoms with E-state index in [-0.39, 0.29) is 11.9 Å². The highest BCUT2D eigenvalue weighted by Crippen LogP contribution is 2.16. The summed E-state index contributed by atoms with van der Waals surface area (Å²) in [5.74, 6) is 1.12. The van der Waals surface area contributed by atoms with E-state index in [1.807, 2.05) is 31.7 Å². The van der Waals surface area contributed by atoms with Crippen molar-refractivity contribution < 1.29 is 4.79 Å². The van der Waals surface area contributed by atoms with Gasteiger partial charge in [-0.3, -0.25) is 9.69 Å². The first-order valence-electron chi connectivity index (χ1n) is 6.81. The van der Waals surface area contributed by atoms with Crippen molar-refractivity contribution in [2.45, 2.75) is 31.7 Å². The van der Waals surface area contributed by atoms with Crippen molar-refractivity contribution >= 4 is 17.7 Å². The third kappa shape index (κ3) is 7.23. The molecule has 0 aliphatic heterocycles. The van der Waals surface area contributed by atoms with Crippen LogP contribution in [0.2, 0.25) is 0 Å². The maximum atomic E-state index is 11.7. The SMILES string of the molecule is CCN(CCSc1ccccc1)CC(=O)NC(C)C. The molecule has 4 heteroatoms. The molecule has 1 amide bonds. The van der Waals surface area contributed by atoms with Crippen LogP contribution in [0.25, 0.3) is 0 Å². The van der Waals surface area contributed by atoms with Crippen molar-refractivity contribution in [1.82, 2.24) is 10.2 Å². The lowest BCUT2D eigenvalue weighted by Gasteiger charge is -2.20. The van der Waals surface area contributed by atoms with E-state index in [4.69, 9.17) is 0 Å². The molecule has 1 N–H and O–H groups in total. The molecule has 0 radical (unpaired) electrons. The minimum Gasteiger partial charge on any atom is -0.353 e. The van der Waals surface area contributed by atoms with E-state index in [1.54, 1.807) is 0 Å². The van der Waals surface area contributed by atoms with Crippen LogP contribution in [0.1, 0.15) is 20.8 Å². The predicted molar refractivity (Wildman–Crippen MR) is 82.6 cm³/mol. The number of likely N-dealkylation sites (N-methyl/N-ethyl adjacent to an activating group) is 1. The van der Waals surface area contributed by atoms with Crippen molar-refractivity contribution in [3.8, 4) is 0 Å². The topological polar surface area (TPSA) is 32.3 Å².